The maximum absolute atomic E-state index is 12.0. The Bertz CT molecular complexity index is 516. The molecule has 0 unspecified atom stereocenters. The van der Waals surface area contributed by atoms with Crippen LogP contribution in [0.2, 0.25) is 0 Å². The van der Waals surface area contributed by atoms with Crippen LogP contribution in [0, 0.1) is 0 Å². The van der Waals surface area contributed by atoms with Crippen molar-refractivity contribution in [3.05, 3.63) is 24.3 Å². The Hall–Kier alpha value is -1.75. The van der Waals surface area contributed by atoms with E-state index >= 15 is 0 Å². The fraction of sp³-hybridized carbons (Fsp3) is 0.667. The number of carbonyl (C=O) groups is 1. The topological polar surface area (TPSA) is 50.8 Å². The standard InChI is InChI=1S/C21H34N2O3/c1-2-3-4-5-6-11-17-25-20-13-8-7-12-19(20)22-21(24)26-18-16-23-14-9-10-15-23/h7-8,12-13H,2-6,9-11,14-18H2,1H3,(H,22,24). The molecule has 1 aromatic rings. The van der Waals surface area contributed by atoms with Gasteiger partial charge in [0.2, 0.25) is 0 Å². The van der Waals surface area contributed by atoms with Crippen molar-refractivity contribution in [2.45, 2.75) is 58.3 Å². The number of hydrogen-bond acceptors (Lipinski definition) is 4. The molecule has 5 nitrogen and oxygen atoms in total. The Morgan fingerprint density at radius 2 is 1.77 bits per heavy atom. The first kappa shape index (κ1) is 20.6. The van der Waals surface area contributed by atoms with Crippen LogP contribution in [0.3, 0.4) is 0 Å². The van der Waals surface area contributed by atoms with E-state index < -0.39 is 6.09 Å². The molecule has 146 valence electrons. The normalized spacial score (nSPS) is 14.3. The van der Waals surface area contributed by atoms with Crippen LogP contribution in [0.15, 0.2) is 24.3 Å². The quantitative estimate of drug-likeness (QED) is 0.527. The molecule has 1 heterocycles. The number of nitrogens with zero attached hydrogens (tertiary/aromatic N) is 1. The van der Waals surface area contributed by atoms with Gasteiger partial charge in [0.05, 0.1) is 12.3 Å². The van der Waals surface area contributed by atoms with Crippen molar-refractivity contribution in [3.63, 3.8) is 0 Å². The van der Waals surface area contributed by atoms with E-state index in [1.807, 2.05) is 24.3 Å². The molecular weight excluding hydrogens is 328 g/mol. The first-order valence-electron chi connectivity index (χ1n) is 10.2. The summed E-state index contributed by atoms with van der Waals surface area (Å²) in [4.78, 5) is 14.3. The number of carbonyl (C=O) groups excluding carboxylic acids is 1. The minimum absolute atomic E-state index is 0.417. The van der Waals surface area contributed by atoms with Crippen LogP contribution in [-0.2, 0) is 4.74 Å². The first-order chi connectivity index (χ1) is 12.8. The Kier molecular flexibility index (Phi) is 9.95. The second-order valence-electron chi connectivity index (χ2n) is 6.92. The summed E-state index contributed by atoms with van der Waals surface area (Å²) in [6, 6.07) is 7.53. The van der Waals surface area contributed by atoms with Gasteiger partial charge in [0.25, 0.3) is 0 Å². The van der Waals surface area contributed by atoms with Crippen LogP contribution in [0.4, 0.5) is 10.5 Å². The van der Waals surface area contributed by atoms with E-state index in [0.717, 1.165) is 26.1 Å². The second-order valence-corrected chi connectivity index (χ2v) is 6.92. The largest absolute Gasteiger partial charge is 0.491 e. The molecule has 0 bridgehead atoms. The molecular formula is C21H34N2O3. The van der Waals surface area contributed by atoms with E-state index in [-0.39, 0.29) is 0 Å². The molecule has 5 heteroatoms. The summed E-state index contributed by atoms with van der Waals surface area (Å²) >= 11 is 0. The molecule has 0 spiro atoms. The van der Waals surface area contributed by atoms with Gasteiger partial charge in [-0.05, 0) is 44.5 Å². The summed E-state index contributed by atoms with van der Waals surface area (Å²) in [5.74, 6) is 0.706. The monoisotopic (exact) mass is 362 g/mol. The molecule has 0 radical (unpaired) electrons. The molecule has 1 aliphatic heterocycles. The Balaban J connectivity index is 1.65. The highest BCUT2D eigenvalue weighted by molar-refractivity contribution is 5.86. The minimum Gasteiger partial charge on any atom is -0.491 e. The maximum atomic E-state index is 12.0. The first-order valence-corrected chi connectivity index (χ1v) is 10.2. The number of benzene rings is 1. The number of anilines is 1. The number of amides is 1. The van der Waals surface area contributed by atoms with Crippen LogP contribution < -0.4 is 10.1 Å². The molecule has 2 rings (SSSR count). The summed E-state index contributed by atoms with van der Waals surface area (Å²) in [5, 5.41) is 2.80. The Morgan fingerprint density at radius 1 is 1.04 bits per heavy atom. The number of unbranched alkanes of at least 4 members (excludes halogenated alkanes) is 5. The Morgan fingerprint density at radius 3 is 2.58 bits per heavy atom. The van der Waals surface area contributed by atoms with Gasteiger partial charge in [-0.3, -0.25) is 10.2 Å². The van der Waals surface area contributed by atoms with Gasteiger partial charge >= 0.3 is 6.09 Å². The van der Waals surface area contributed by atoms with Gasteiger partial charge in [-0.15, -0.1) is 0 Å². The summed E-state index contributed by atoms with van der Waals surface area (Å²) in [7, 11) is 0. The summed E-state index contributed by atoms with van der Waals surface area (Å²) in [6.45, 7) is 6.36. The summed E-state index contributed by atoms with van der Waals surface area (Å²) in [5.41, 5.74) is 0.671. The van der Waals surface area contributed by atoms with Crippen LogP contribution in [0.1, 0.15) is 58.3 Å². The van der Waals surface area contributed by atoms with Crippen LogP contribution in [0.25, 0.3) is 0 Å². The van der Waals surface area contributed by atoms with Crippen molar-refractivity contribution in [1.29, 1.82) is 0 Å². The smallest absolute Gasteiger partial charge is 0.411 e. The predicted molar refractivity (Wildman–Crippen MR) is 106 cm³/mol. The zero-order valence-corrected chi connectivity index (χ0v) is 16.2. The highest BCUT2D eigenvalue weighted by Gasteiger charge is 2.13. The SMILES string of the molecule is CCCCCCCCOc1ccccc1NC(=O)OCCN1CCCC1. The molecule has 1 N–H and O–H groups in total. The van der Waals surface area contributed by atoms with Crippen LogP contribution in [0.5, 0.6) is 5.75 Å². The van der Waals surface area contributed by atoms with Gasteiger partial charge < -0.3 is 9.47 Å². The third kappa shape index (κ3) is 8.09. The Labute approximate surface area is 158 Å². The predicted octanol–water partition coefficient (Wildman–Crippen LogP) is 5.07. The van der Waals surface area contributed by atoms with Crippen molar-refractivity contribution in [2.24, 2.45) is 0 Å². The maximum Gasteiger partial charge on any atom is 0.411 e. The average molecular weight is 363 g/mol. The van der Waals surface area contributed by atoms with Crippen molar-refractivity contribution in [1.82, 2.24) is 4.90 Å². The molecule has 0 aliphatic carbocycles. The zero-order valence-electron chi connectivity index (χ0n) is 16.2. The lowest BCUT2D eigenvalue weighted by atomic mass is 10.1. The number of ether oxygens (including phenoxy) is 2. The molecule has 1 saturated heterocycles. The average Bonchev–Trinajstić information content (AvgIpc) is 3.16. The lowest BCUT2D eigenvalue weighted by molar-refractivity contribution is 0.146. The van der Waals surface area contributed by atoms with E-state index in [2.05, 4.69) is 17.1 Å². The molecule has 0 saturated carbocycles. The van der Waals surface area contributed by atoms with Crippen molar-refractivity contribution in [2.75, 3.05) is 38.2 Å². The van der Waals surface area contributed by atoms with E-state index in [1.165, 1.54) is 44.9 Å². The van der Waals surface area contributed by atoms with Gasteiger partial charge in [0, 0.05) is 6.54 Å². The lowest BCUT2D eigenvalue weighted by Gasteiger charge is -2.15. The third-order valence-electron chi connectivity index (χ3n) is 4.72. The second kappa shape index (κ2) is 12.6. The van der Waals surface area contributed by atoms with Crippen molar-refractivity contribution < 1.29 is 14.3 Å². The van der Waals surface area contributed by atoms with E-state index in [0.29, 0.717) is 24.7 Å². The minimum atomic E-state index is -0.417. The molecule has 1 aromatic carbocycles. The number of hydrogen-bond donors (Lipinski definition) is 1. The zero-order chi connectivity index (χ0) is 18.5. The molecule has 1 aliphatic rings. The highest BCUT2D eigenvalue weighted by atomic mass is 16.5. The van der Waals surface area contributed by atoms with Crippen LogP contribution in [-0.4, -0.2) is 43.8 Å². The molecule has 26 heavy (non-hydrogen) atoms. The van der Waals surface area contributed by atoms with E-state index in [4.69, 9.17) is 9.47 Å². The number of likely N-dealkylation sites (tertiary alicyclic amines) is 1. The van der Waals surface area contributed by atoms with Gasteiger partial charge in [-0.25, -0.2) is 4.79 Å². The van der Waals surface area contributed by atoms with Crippen molar-refractivity contribution >= 4 is 11.8 Å². The third-order valence-corrected chi connectivity index (χ3v) is 4.72. The van der Waals surface area contributed by atoms with Gasteiger partial charge in [-0.2, -0.15) is 0 Å². The van der Waals surface area contributed by atoms with E-state index in [1.54, 1.807) is 0 Å². The molecule has 0 atom stereocenters. The van der Waals surface area contributed by atoms with Crippen LogP contribution >= 0.6 is 0 Å². The van der Waals surface area contributed by atoms with Gasteiger partial charge in [0.1, 0.15) is 12.4 Å². The molecule has 1 amide bonds. The van der Waals surface area contributed by atoms with Gasteiger partial charge in [-0.1, -0.05) is 51.2 Å². The highest BCUT2D eigenvalue weighted by Crippen LogP contribution is 2.24. The fourth-order valence-corrected chi connectivity index (χ4v) is 3.18. The summed E-state index contributed by atoms with van der Waals surface area (Å²) in [6.07, 6.45) is 9.45. The fourth-order valence-electron chi connectivity index (χ4n) is 3.18. The number of para-hydroxylation sites is 2. The van der Waals surface area contributed by atoms with Crippen molar-refractivity contribution in [3.8, 4) is 5.75 Å². The molecule has 0 aromatic heterocycles. The van der Waals surface area contributed by atoms with E-state index in [9.17, 15) is 4.79 Å². The lowest BCUT2D eigenvalue weighted by Crippen LogP contribution is -2.26. The number of nitrogens with one attached hydrogen (secondary N) is 1. The van der Waals surface area contributed by atoms with Gasteiger partial charge in [0.15, 0.2) is 0 Å². The number of rotatable bonds is 12. The summed E-state index contributed by atoms with van der Waals surface area (Å²) < 4.78 is 11.1. The molecule has 1 fully saturated rings.